The van der Waals surface area contributed by atoms with Gasteiger partial charge >= 0.3 is 5.97 Å². The minimum atomic E-state index is -2.72. The third-order valence-electron chi connectivity index (χ3n) is 2.93. The number of carbonyl (C=O) groups excluding carboxylic acids is 1. The summed E-state index contributed by atoms with van der Waals surface area (Å²) in [4.78, 5) is 14.6. The first-order chi connectivity index (χ1) is 9.55. The third-order valence-corrected chi connectivity index (χ3v) is 3.36. The number of carbonyl (C=O) groups is 1. The zero-order valence-electron chi connectivity index (χ0n) is 11.2. The molecule has 0 atom stereocenters. The number of esters is 1. The second kappa shape index (κ2) is 5.96. The van der Waals surface area contributed by atoms with Crippen LogP contribution in [0.5, 0.6) is 0 Å². The number of thiol groups is 1. The van der Waals surface area contributed by atoms with Crippen LogP contribution in [0.2, 0.25) is 0 Å². The van der Waals surface area contributed by atoms with Crippen molar-refractivity contribution >= 4 is 33.4 Å². The third kappa shape index (κ3) is 2.93. The minimum absolute atomic E-state index is 0.303. The zero-order chi connectivity index (χ0) is 14.7. The molecule has 2 rings (SSSR count). The SMILES string of the molecule is CCOC(=O)c1cc2cc(CC)c(N[SH](=O)=O)cc2[nH]1. The number of aromatic amines is 1. The Labute approximate surface area is 118 Å². The summed E-state index contributed by atoms with van der Waals surface area (Å²) in [5.74, 6) is -0.425. The number of H-pyrrole nitrogens is 1. The van der Waals surface area contributed by atoms with E-state index in [4.69, 9.17) is 4.74 Å². The number of anilines is 1. The maximum Gasteiger partial charge on any atom is 0.354 e. The van der Waals surface area contributed by atoms with Crippen molar-refractivity contribution < 1.29 is 17.9 Å². The summed E-state index contributed by atoms with van der Waals surface area (Å²) in [5.41, 5.74) is 2.43. The fourth-order valence-corrected chi connectivity index (χ4v) is 2.45. The molecule has 1 aromatic carbocycles. The maximum absolute atomic E-state index is 11.7. The van der Waals surface area contributed by atoms with Crippen molar-refractivity contribution in [2.75, 3.05) is 11.3 Å². The molecule has 2 N–H and O–H groups in total. The Bertz CT molecular complexity index is 710. The molecule has 0 bridgehead atoms. The first-order valence-electron chi connectivity index (χ1n) is 6.29. The summed E-state index contributed by atoms with van der Waals surface area (Å²) in [6, 6.07) is 5.24. The topological polar surface area (TPSA) is 88.3 Å². The van der Waals surface area contributed by atoms with Crippen LogP contribution < -0.4 is 4.72 Å². The molecule has 0 amide bonds. The van der Waals surface area contributed by atoms with E-state index in [0.717, 1.165) is 10.9 Å². The van der Waals surface area contributed by atoms with E-state index < -0.39 is 16.9 Å². The van der Waals surface area contributed by atoms with Gasteiger partial charge in [-0.1, -0.05) is 6.92 Å². The van der Waals surface area contributed by atoms with Crippen molar-refractivity contribution in [3.8, 4) is 0 Å². The Morgan fingerprint density at radius 2 is 2.05 bits per heavy atom. The summed E-state index contributed by atoms with van der Waals surface area (Å²) >= 11 is 0. The molecular formula is C13H16N2O4S. The standard InChI is InChI=1S/C13H16N2O4S/c1-3-8-5-9-6-12(13(16)19-4-2)14-10(9)7-11(8)15-20(17)18/h5-7,14,20H,3-4H2,1-2H3,(H,15,17,18). The van der Waals surface area contributed by atoms with Gasteiger partial charge in [0, 0.05) is 10.9 Å². The molecule has 0 aliphatic carbocycles. The minimum Gasteiger partial charge on any atom is -0.461 e. The van der Waals surface area contributed by atoms with Crippen LogP contribution >= 0.6 is 0 Å². The summed E-state index contributed by atoms with van der Waals surface area (Å²) in [6.07, 6.45) is 0.682. The number of rotatable bonds is 5. The van der Waals surface area contributed by atoms with Crippen LogP contribution in [0.3, 0.4) is 0 Å². The molecule has 0 saturated heterocycles. The summed E-state index contributed by atoms with van der Waals surface area (Å²) in [5, 5.41) is 0.844. The summed E-state index contributed by atoms with van der Waals surface area (Å²) in [6.45, 7) is 3.98. The molecular weight excluding hydrogens is 280 g/mol. The van der Waals surface area contributed by atoms with Crippen LogP contribution in [0.15, 0.2) is 18.2 Å². The lowest BCUT2D eigenvalue weighted by Crippen LogP contribution is -2.04. The molecule has 0 unspecified atom stereocenters. The summed E-state index contributed by atoms with van der Waals surface area (Å²) < 4.78 is 29.0. The van der Waals surface area contributed by atoms with Gasteiger partial charge < -0.3 is 9.72 Å². The highest BCUT2D eigenvalue weighted by Gasteiger charge is 2.12. The average Bonchev–Trinajstić information content (AvgIpc) is 2.80. The normalized spacial score (nSPS) is 10.9. The van der Waals surface area contributed by atoms with E-state index in [-0.39, 0.29) is 0 Å². The van der Waals surface area contributed by atoms with Crippen molar-refractivity contribution in [3.05, 3.63) is 29.5 Å². The predicted octanol–water partition coefficient (Wildman–Crippen LogP) is 1.85. The number of hydrogen-bond acceptors (Lipinski definition) is 4. The van der Waals surface area contributed by atoms with Crippen LogP contribution in [0.1, 0.15) is 29.9 Å². The lowest BCUT2D eigenvalue weighted by molar-refractivity contribution is 0.0520. The molecule has 7 heteroatoms. The van der Waals surface area contributed by atoms with E-state index in [0.29, 0.717) is 29.9 Å². The smallest absolute Gasteiger partial charge is 0.354 e. The molecule has 0 aliphatic heterocycles. The van der Waals surface area contributed by atoms with Gasteiger partial charge in [0.1, 0.15) is 5.69 Å². The van der Waals surface area contributed by atoms with Gasteiger partial charge in [0.25, 0.3) is 0 Å². The molecule has 2 aromatic rings. The van der Waals surface area contributed by atoms with E-state index in [2.05, 4.69) is 9.71 Å². The van der Waals surface area contributed by atoms with Crippen LogP contribution in [0, 0.1) is 0 Å². The van der Waals surface area contributed by atoms with E-state index in [1.54, 1.807) is 19.1 Å². The maximum atomic E-state index is 11.7. The van der Waals surface area contributed by atoms with E-state index in [1.165, 1.54) is 0 Å². The number of aromatic nitrogens is 1. The fourth-order valence-electron chi connectivity index (χ4n) is 2.04. The molecule has 0 spiro atoms. The fraction of sp³-hybridized carbons (Fsp3) is 0.308. The molecule has 0 radical (unpaired) electrons. The van der Waals surface area contributed by atoms with Crippen LogP contribution in [0.4, 0.5) is 5.69 Å². The Kier molecular flexibility index (Phi) is 4.29. The molecule has 20 heavy (non-hydrogen) atoms. The highest BCUT2D eigenvalue weighted by Crippen LogP contribution is 2.25. The Balaban J connectivity index is 2.49. The highest BCUT2D eigenvalue weighted by atomic mass is 32.2. The largest absolute Gasteiger partial charge is 0.461 e. The average molecular weight is 296 g/mol. The monoisotopic (exact) mass is 296 g/mol. The molecule has 1 aromatic heterocycles. The van der Waals surface area contributed by atoms with Crippen LogP contribution in [-0.4, -0.2) is 26.0 Å². The highest BCUT2D eigenvalue weighted by molar-refractivity contribution is 7.73. The van der Waals surface area contributed by atoms with Gasteiger partial charge in [-0.15, -0.1) is 0 Å². The van der Waals surface area contributed by atoms with Gasteiger partial charge in [-0.2, -0.15) is 0 Å². The van der Waals surface area contributed by atoms with Crippen molar-refractivity contribution in [1.82, 2.24) is 4.98 Å². The van der Waals surface area contributed by atoms with Crippen molar-refractivity contribution in [3.63, 3.8) is 0 Å². The number of ether oxygens (including phenoxy) is 1. The molecule has 1 heterocycles. The lowest BCUT2D eigenvalue weighted by Gasteiger charge is -2.06. The number of nitrogens with one attached hydrogen (secondary N) is 2. The molecule has 0 saturated carbocycles. The second-order valence-electron chi connectivity index (χ2n) is 4.22. The zero-order valence-corrected chi connectivity index (χ0v) is 12.1. The first kappa shape index (κ1) is 14.4. The molecule has 0 aliphatic rings. The van der Waals surface area contributed by atoms with Gasteiger partial charge in [0.2, 0.25) is 10.9 Å². The molecule has 0 fully saturated rings. The van der Waals surface area contributed by atoms with Crippen molar-refractivity contribution in [1.29, 1.82) is 0 Å². The van der Waals surface area contributed by atoms with E-state index >= 15 is 0 Å². The number of hydrogen-bond donors (Lipinski definition) is 3. The van der Waals surface area contributed by atoms with Gasteiger partial charge in [-0.05, 0) is 37.1 Å². The number of fused-ring (bicyclic) bond motifs is 1. The lowest BCUT2D eigenvalue weighted by atomic mass is 10.1. The van der Waals surface area contributed by atoms with Gasteiger partial charge in [0.15, 0.2) is 0 Å². The Hall–Kier alpha value is -2.02. The predicted molar refractivity (Wildman–Crippen MR) is 77.6 cm³/mol. The quantitative estimate of drug-likeness (QED) is 0.580. The number of aryl methyl sites for hydroxylation is 1. The molecule has 6 nitrogen and oxygen atoms in total. The number of benzene rings is 1. The summed E-state index contributed by atoms with van der Waals surface area (Å²) in [7, 11) is -2.72. The van der Waals surface area contributed by atoms with Crippen LogP contribution in [-0.2, 0) is 22.0 Å². The van der Waals surface area contributed by atoms with E-state index in [1.807, 2.05) is 13.0 Å². The Morgan fingerprint density at radius 1 is 1.30 bits per heavy atom. The van der Waals surface area contributed by atoms with Gasteiger partial charge in [0.05, 0.1) is 12.3 Å². The van der Waals surface area contributed by atoms with Gasteiger partial charge in [-0.25, -0.2) is 13.2 Å². The van der Waals surface area contributed by atoms with Crippen molar-refractivity contribution in [2.24, 2.45) is 0 Å². The van der Waals surface area contributed by atoms with Crippen molar-refractivity contribution in [2.45, 2.75) is 20.3 Å². The van der Waals surface area contributed by atoms with Gasteiger partial charge in [-0.3, -0.25) is 4.72 Å². The Morgan fingerprint density at radius 3 is 2.65 bits per heavy atom. The molecule has 108 valence electrons. The van der Waals surface area contributed by atoms with Crippen LogP contribution in [0.25, 0.3) is 10.9 Å². The second-order valence-corrected chi connectivity index (χ2v) is 4.96. The first-order valence-corrected chi connectivity index (χ1v) is 7.46. The van der Waals surface area contributed by atoms with E-state index in [9.17, 15) is 13.2 Å².